The Kier molecular flexibility index (Phi) is 3.54. The summed E-state index contributed by atoms with van der Waals surface area (Å²) in [6, 6.07) is 0. The van der Waals surface area contributed by atoms with Gasteiger partial charge in [-0.1, -0.05) is 26.2 Å². The van der Waals surface area contributed by atoms with Crippen LogP contribution in [0.3, 0.4) is 0 Å². The molecule has 0 aromatic carbocycles. The minimum Gasteiger partial charge on any atom is -0.327 e. The Labute approximate surface area is 80.7 Å². The lowest BCUT2D eigenvalue weighted by Gasteiger charge is -2.17. The largest absolute Gasteiger partial charge is 0.327 e. The molecule has 0 radical (unpaired) electrons. The molecule has 0 aromatic rings. The number of carbonyl (C=O) groups excluding carboxylic acids is 1. The van der Waals surface area contributed by atoms with Crippen LogP contribution >= 0.6 is 0 Å². The van der Waals surface area contributed by atoms with E-state index in [1.807, 2.05) is 4.90 Å². The van der Waals surface area contributed by atoms with E-state index < -0.39 is 0 Å². The molecule has 0 bridgehead atoms. The second-order valence-corrected chi connectivity index (χ2v) is 3.92. The third kappa shape index (κ3) is 2.88. The maximum Gasteiger partial charge on any atom is 0.247 e. The van der Waals surface area contributed by atoms with Crippen LogP contribution in [-0.4, -0.2) is 42.8 Å². The topological polar surface area (TPSA) is 23.6 Å². The van der Waals surface area contributed by atoms with Crippen LogP contribution in [0.5, 0.6) is 0 Å². The monoisotopic (exact) mass is 180 g/mol. The predicted octanol–water partition coefficient (Wildman–Crippen LogP) is 0.454. The molecule has 13 heavy (non-hydrogen) atoms. The number of nitrogens with zero attached hydrogens (tertiary/aromatic N) is 2. The van der Waals surface area contributed by atoms with Gasteiger partial charge in [-0.2, -0.15) is 0 Å². The van der Waals surface area contributed by atoms with Gasteiger partial charge in [-0.25, -0.2) is 0 Å². The second-order valence-electron chi connectivity index (χ2n) is 3.92. The van der Waals surface area contributed by atoms with Gasteiger partial charge in [0.25, 0.3) is 0 Å². The Hall–Kier alpha value is -0.765. The second kappa shape index (κ2) is 4.47. The minimum absolute atomic E-state index is 0.0475. The first-order chi connectivity index (χ1) is 6.13. The highest BCUT2D eigenvalue weighted by Crippen LogP contribution is 2.08. The molecule has 1 aliphatic heterocycles. The van der Waals surface area contributed by atoms with Gasteiger partial charge in [-0.3, -0.25) is 4.79 Å². The summed E-state index contributed by atoms with van der Waals surface area (Å²) in [5, 5.41) is 0. The van der Waals surface area contributed by atoms with Crippen molar-refractivity contribution in [3.05, 3.63) is 12.7 Å². The summed E-state index contributed by atoms with van der Waals surface area (Å²) in [6.45, 7) is 10.5. The Morgan fingerprint density at radius 2 is 2.23 bits per heavy atom. The zero-order valence-corrected chi connectivity index (χ0v) is 8.49. The average molecular weight is 180 g/mol. The highest BCUT2D eigenvalue weighted by Gasteiger charge is 2.22. The normalized spacial score (nSPS) is 17.9. The van der Waals surface area contributed by atoms with Crippen LogP contribution in [0.15, 0.2) is 12.7 Å². The van der Waals surface area contributed by atoms with Crippen molar-refractivity contribution in [3.8, 4) is 0 Å². The van der Waals surface area contributed by atoms with Crippen LogP contribution in [0.1, 0.15) is 13.8 Å². The van der Waals surface area contributed by atoms with Crippen molar-refractivity contribution in [3.63, 3.8) is 0 Å². The van der Waals surface area contributed by atoms with Crippen LogP contribution in [-0.2, 0) is 4.79 Å². The highest BCUT2D eigenvalue weighted by atomic mass is 16.2. The molecular formula is C9H17BN2O. The van der Waals surface area contributed by atoms with Gasteiger partial charge in [0, 0.05) is 13.1 Å². The van der Waals surface area contributed by atoms with Crippen molar-refractivity contribution in [1.82, 2.24) is 9.71 Å². The molecule has 0 N–H and O–H groups in total. The standard InChI is InChI=1S/C9H17BN2O/c1-4-9(13)11-5-6-12(7-11)10-8(2)3/h4,8,10H,1,5-7H2,2-3H3. The first kappa shape index (κ1) is 10.3. The molecule has 3 nitrogen and oxygen atoms in total. The Bertz CT molecular complexity index is 206. The first-order valence-corrected chi connectivity index (χ1v) is 4.77. The molecule has 4 heteroatoms. The van der Waals surface area contributed by atoms with E-state index in [0.717, 1.165) is 27.2 Å². The Morgan fingerprint density at radius 1 is 1.54 bits per heavy atom. The van der Waals surface area contributed by atoms with Crippen molar-refractivity contribution in [2.45, 2.75) is 19.7 Å². The molecule has 1 heterocycles. The number of hydrogen-bond acceptors (Lipinski definition) is 2. The Morgan fingerprint density at radius 3 is 2.77 bits per heavy atom. The van der Waals surface area contributed by atoms with Gasteiger partial charge in [0.15, 0.2) is 0 Å². The molecule has 0 aromatic heterocycles. The van der Waals surface area contributed by atoms with Gasteiger partial charge in [-0.05, 0) is 6.08 Å². The molecule has 0 atom stereocenters. The maximum atomic E-state index is 11.2. The lowest BCUT2D eigenvalue weighted by molar-refractivity contribution is -0.125. The van der Waals surface area contributed by atoms with Gasteiger partial charge in [0.2, 0.25) is 13.3 Å². The fourth-order valence-electron chi connectivity index (χ4n) is 1.62. The van der Waals surface area contributed by atoms with E-state index in [0.29, 0.717) is 5.82 Å². The smallest absolute Gasteiger partial charge is 0.247 e. The molecule has 0 spiro atoms. The number of rotatable bonds is 3. The number of hydrogen-bond donors (Lipinski definition) is 0. The lowest BCUT2D eigenvalue weighted by atomic mass is 9.77. The third-order valence-electron chi connectivity index (χ3n) is 2.17. The lowest BCUT2D eigenvalue weighted by Crippen LogP contribution is -2.32. The molecular weight excluding hydrogens is 163 g/mol. The molecule has 1 saturated heterocycles. The summed E-state index contributed by atoms with van der Waals surface area (Å²) >= 11 is 0. The fraction of sp³-hybridized carbons (Fsp3) is 0.667. The number of amides is 1. The predicted molar refractivity (Wildman–Crippen MR) is 55.7 cm³/mol. The summed E-state index contributed by atoms with van der Waals surface area (Å²) in [5.74, 6) is 0.713. The van der Waals surface area contributed by atoms with Crippen molar-refractivity contribution < 1.29 is 4.79 Å². The summed E-state index contributed by atoms with van der Waals surface area (Å²) in [6.07, 6.45) is 1.39. The molecule has 0 saturated carbocycles. The van der Waals surface area contributed by atoms with Crippen LogP contribution in [0.25, 0.3) is 0 Å². The van der Waals surface area contributed by atoms with Gasteiger partial charge in [0.1, 0.15) is 0 Å². The van der Waals surface area contributed by atoms with Crippen LogP contribution in [0.2, 0.25) is 5.82 Å². The molecule has 0 aliphatic carbocycles. The van der Waals surface area contributed by atoms with Gasteiger partial charge >= 0.3 is 0 Å². The van der Waals surface area contributed by atoms with E-state index >= 15 is 0 Å². The summed E-state index contributed by atoms with van der Waals surface area (Å²) in [5.41, 5.74) is 0. The van der Waals surface area contributed by atoms with E-state index in [4.69, 9.17) is 0 Å². The quantitative estimate of drug-likeness (QED) is 0.465. The van der Waals surface area contributed by atoms with Crippen molar-refractivity contribution in [2.75, 3.05) is 19.8 Å². The molecule has 1 fully saturated rings. The summed E-state index contributed by atoms with van der Waals surface area (Å²) < 4.78 is 0. The van der Waals surface area contributed by atoms with E-state index in [-0.39, 0.29) is 5.91 Å². The molecule has 0 unspecified atom stereocenters. The van der Waals surface area contributed by atoms with Crippen LogP contribution in [0.4, 0.5) is 0 Å². The average Bonchev–Trinajstić information content (AvgIpc) is 2.50. The summed E-state index contributed by atoms with van der Waals surface area (Å²) in [4.78, 5) is 15.4. The SMILES string of the molecule is C=CC(=O)N1CCN(BC(C)C)C1. The zero-order valence-electron chi connectivity index (χ0n) is 8.49. The number of carbonyl (C=O) groups is 1. The van der Waals surface area contributed by atoms with E-state index in [2.05, 4.69) is 25.2 Å². The van der Waals surface area contributed by atoms with Crippen LogP contribution < -0.4 is 0 Å². The Balaban J connectivity index is 2.36. The van der Waals surface area contributed by atoms with E-state index in [9.17, 15) is 4.79 Å². The molecule has 1 aliphatic rings. The van der Waals surface area contributed by atoms with Crippen LogP contribution in [0, 0.1) is 0 Å². The first-order valence-electron chi connectivity index (χ1n) is 4.77. The molecule has 1 amide bonds. The minimum atomic E-state index is 0.0475. The van der Waals surface area contributed by atoms with Gasteiger partial charge < -0.3 is 9.71 Å². The van der Waals surface area contributed by atoms with E-state index in [1.54, 1.807) is 0 Å². The van der Waals surface area contributed by atoms with Gasteiger partial charge in [0.05, 0.1) is 6.67 Å². The zero-order chi connectivity index (χ0) is 9.84. The van der Waals surface area contributed by atoms with Gasteiger partial charge in [-0.15, -0.1) is 0 Å². The molecule has 1 rings (SSSR count). The summed E-state index contributed by atoms with van der Waals surface area (Å²) in [7, 11) is 1.07. The van der Waals surface area contributed by atoms with Crippen molar-refractivity contribution in [2.24, 2.45) is 0 Å². The third-order valence-corrected chi connectivity index (χ3v) is 2.17. The highest BCUT2D eigenvalue weighted by molar-refractivity contribution is 6.33. The molecule has 72 valence electrons. The van der Waals surface area contributed by atoms with E-state index in [1.165, 1.54) is 6.08 Å². The maximum absolute atomic E-state index is 11.2. The van der Waals surface area contributed by atoms with Crippen molar-refractivity contribution in [1.29, 1.82) is 0 Å². The van der Waals surface area contributed by atoms with Crippen molar-refractivity contribution >= 4 is 13.3 Å². The fourth-order valence-corrected chi connectivity index (χ4v) is 1.62.